The Hall–Kier alpha value is -3.26. The van der Waals surface area contributed by atoms with Gasteiger partial charge in [-0.25, -0.2) is 12.8 Å². The molecule has 0 saturated carbocycles. The molecule has 148 valence electrons. The summed E-state index contributed by atoms with van der Waals surface area (Å²) in [7, 11) is -3.56. The highest BCUT2D eigenvalue weighted by atomic mass is 32.2. The maximum absolute atomic E-state index is 13.0. The molecule has 0 spiro atoms. The number of sulfone groups is 1. The fourth-order valence-corrected chi connectivity index (χ4v) is 4.12. The summed E-state index contributed by atoms with van der Waals surface area (Å²) in [5.41, 5.74) is 2.52. The summed E-state index contributed by atoms with van der Waals surface area (Å²) in [6.45, 7) is 3.79. The van der Waals surface area contributed by atoms with Gasteiger partial charge in [0.1, 0.15) is 17.3 Å². The van der Waals surface area contributed by atoms with Crippen LogP contribution in [0.2, 0.25) is 0 Å². The molecule has 4 rings (SSSR count). The van der Waals surface area contributed by atoms with Gasteiger partial charge >= 0.3 is 0 Å². The molecular formula is C21H17FN2O4S. The number of hydrogen-bond donors (Lipinski definition) is 0. The number of benzene rings is 2. The Bertz CT molecular complexity index is 1270. The van der Waals surface area contributed by atoms with Crippen LogP contribution in [0.5, 0.6) is 0 Å². The molecule has 0 N–H and O–H groups in total. The van der Waals surface area contributed by atoms with Crippen molar-refractivity contribution in [3.63, 3.8) is 0 Å². The third-order valence-corrected chi connectivity index (χ3v) is 6.21. The average Bonchev–Trinajstić information content (AvgIpc) is 3.33. The lowest BCUT2D eigenvalue weighted by atomic mass is 10.1. The van der Waals surface area contributed by atoms with Crippen LogP contribution < -0.4 is 0 Å². The van der Waals surface area contributed by atoms with E-state index in [-0.39, 0.29) is 39.7 Å². The van der Waals surface area contributed by atoms with E-state index >= 15 is 0 Å². The standard InChI is InChI=1S/C21H17FN2O4S/c1-13-3-9-18(11-14(13)2)29(25,26)12-17-8-10-19(27-17)21-23-20(24-28-21)15-4-6-16(22)7-5-15/h3-11H,12H2,1-2H3. The Morgan fingerprint density at radius 2 is 1.72 bits per heavy atom. The van der Waals surface area contributed by atoms with E-state index < -0.39 is 9.84 Å². The monoisotopic (exact) mass is 412 g/mol. The molecule has 0 atom stereocenters. The molecule has 0 aliphatic heterocycles. The molecule has 0 saturated heterocycles. The van der Waals surface area contributed by atoms with Crippen molar-refractivity contribution in [2.24, 2.45) is 0 Å². The Balaban J connectivity index is 1.55. The molecule has 0 bridgehead atoms. The normalized spacial score (nSPS) is 11.7. The fraction of sp³-hybridized carbons (Fsp3) is 0.143. The van der Waals surface area contributed by atoms with Crippen molar-refractivity contribution >= 4 is 9.84 Å². The number of hydrogen-bond acceptors (Lipinski definition) is 6. The Morgan fingerprint density at radius 3 is 2.45 bits per heavy atom. The summed E-state index contributed by atoms with van der Waals surface area (Å²) in [4.78, 5) is 4.47. The van der Waals surface area contributed by atoms with Gasteiger partial charge in [-0.3, -0.25) is 0 Å². The second-order valence-corrected chi connectivity index (χ2v) is 8.69. The minimum absolute atomic E-state index is 0.110. The summed E-state index contributed by atoms with van der Waals surface area (Å²) in [6, 6.07) is 13.8. The van der Waals surface area contributed by atoms with Crippen LogP contribution in [-0.4, -0.2) is 18.6 Å². The van der Waals surface area contributed by atoms with Gasteiger partial charge in [0.05, 0.1) is 4.90 Å². The smallest absolute Gasteiger partial charge is 0.293 e. The molecular weight excluding hydrogens is 395 g/mol. The van der Waals surface area contributed by atoms with E-state index in [0.29, 0.717) is 5.56 Å². The van der Waals surface area contributed by atoms with Crippen molar-refractivity contribution < 1.29 is 21.7 Å². The van der Waals surface area contributed by atoms with Gasteiger partial charge in [0.25, 0.3) is 5.89 Å². The van der Waals surface area contributed by atoms with Gasteiger partial charge in [-0.2, -0.15) is 4.98 Å². The third-order valence-electron chi connectivity index (χ3n) is 4.57. The molecule has 2 aromatic heterocycles. The zero-order chi connectivity index (χ0) is 20.6. The SMILES string of the molecule is Cc1ccc(S(=O)(=O)Cc2ccc(-c3nc(-c4ccc(F)cc4)no3)o2)cc1C. The molecule has 2 aromatic carbocycles. The van der Waals surface area contributed by atoms with Gasteiger partial charge in [0.15, 0.2) is 15.6 Å². The van der Waals surface area contributed by atoms with Crippen LogP contribution >= 0.6 is 0 Å². The zero-order valence-electron chi connectivity index (χ0n) is 15.7. The van der Waals surface area contributed by atoms with Gasteiger partial charge in [0, 0.05) is 5.56 Å². The first-order valence-corrected chi connectivity index (χ1v) is 10.5. The summed E-state index contributed by atoms with van der Waals surface area (Å²) in [5.74, 6) is 0.267. The summed E-state index contributed by atoms with van der Waals surface area (Å²) >= 11 is 0. The van der Waals surface area contributed by atoms with Crippen LogP contribution in [0.1, 0.15) is 16.9 Å². The summed E-state index contributed by atoms with van der Waals surface area (Å²) in [5, 5.41) is 3.86. The summed E-state index contributed by atoms with van der Waals surface area (Å²) < 4.78 is 49.2. The number of aromatic nitrogens is 2. The van der Waals surface area contributed by atoms with Crippen LogP contribution in [0, 0.1) is 19.7 Å². The molecule has 8 heteroatoms. The predicted octanol–water partition coefficient (Wildman–Crippen LogP) is 4.73. The predicted molar refractivity (Wildman–Crippen MR) is 104 cm³/mol. The van der Waals surface area contributed by atoms with E-state index in [1.807, 2.05) is 13.8 Å². The lowest BCUT2D eigenvalue weighted by molar-refractivity contribution is 0.413. The van der Waals surface area contributed by atoms with Gasteiger partial charge in [-0.1, -0.05) is 11.2 Å². The first-order valence-electron chi connectivity index (χ1n) is 8.80. The third kappa shape index (κ3) is 3.97. The van der Waals surface area contributed by atoms with Gasteiger partial charge in [-0.05, 0) is 73.5 Å². The first kappa shape index (κ1) is 19.1. The molecule has 0 unspecified atom stereocenters. The summed E-state index contributed by atoms with van der Waals surface area (Å²) in [6.07, 6.45) is 0. The van der Waals surface area contributed by atoms with Crippen molar-refractivity contribution in [1.82, 2.24) is 10.1 Å². The fourth-order valence-electron chi connectivity index (χ4n) is 2.79. The molecule has 29 heavy (non-hydrogen) atoms. The maximum Gasteiger partial charge on any atom is 0.293 e. The van der Waals surface area contributed by atoms with Gasteiger partial charge in [-0.15, -0.1) is 0 Å². The quantitative estimate of drug-likeness (QED) is 0.471. The van der Waals surface area contributed by atoms with E-state index in [4.69, 9.17) is 8.94 Å². The van der Waals surface area contributed by atoms with Crippen molar-refractivity contribution in [1.29, 1.82) is 0 Å². The molecule has 0 fully saturated rings. The highest BCUT2D eigenvalue weighted by Gasteiger charge is 2.20. The van der Waals surface area contributed by atoms with Crippen LogP contribution in [0.25, 0.3) is 23.0 Å². The average molecular weight is 412 g/mol. The number of aryl methyl sites for hydroxylation is 2. The van der Waals surface area contributed by atoms with Gasteiger partial charge in [0.2, 0.25) is 5.82 Å². The molecule has 0 aliphatic carbocycles. The largest absolute Gasteiger partial charge is 0.455 e. The zero-order valence-corrected chi connectivity index (χ0v) is 16.5. The first-order chi connectivity index (χ1) is 13.8. The number of rotatable bonds is 5. The van der Waals surface area contributed by atoms with Crippen LogP contribution in [0.15, 0.2) is 68.4 Å². The van der Waals surface area contributed by atoms with Crippen molar-refractivity contribution in [3.05, 3.63) is 77.3 Å². The van der Waals surface area contributed by atoms with Crippen molar-refractivity contribution in [3.8, 4) is 23.0 Å². The van der Waals surface area contributed by atoms with E-state index in [2.05, 4.69) is 10.1 Å². The lowest BCUT2D eigenvalue weighted by Crippen LogP contribution is -2.05. The molecule has 2 heterocycles. The Kier molecular flexibility index (Phi) is 4.79. The van der Waals surface area contributed by atoms with Crippen LogP contribution in [0.4, 0.5) is 4.39 Å². The van der Waals surface area contributed by atoms with E-state index in [1.54, 1.807) is 30.3 Å². The van der Waals surface area contributed by atoms with E-state index in [1.165, 1.54) is 24.3 Å². The second kappa shape index (κ2) is 7.29. The number of nitrogens with zero attached hydrogens (tertiary/aromatic N) is 2. The van der Waals surface area contributed by atoms with E-state index in [9.17, 15) is 12.8 Å². The van der Waals surface area contributed by atoms with Gasteiger partial charge < -0.3 is 8.94 Å². The highest BCUT2D eigenvalue weighted by molar-refractivity contribution is 7.90. The minimum atomic E-state index is -3.56. The molecule has 4 aromatic rings. The minimum Gasteiger partial charge on any atom is -0.455 e. The van der Waals surface area contributed by atoms with Crippen LogP contribution in [0.3, 0.4) is 0 Å². The molecule has 6 nitrogen and oxygen atoms in total. The van der Waals surface area contributed by atoms with Crippen molar-refractivity contribution in [2.75, 3.05) is 0 Å². The maximum atomic E-state index is 13.0. The second-order valence-electron chi connectivity index (χ2n) is 6.70. The van der Waals surface area contributed by atoms with Crippen LogP contribution in [-0.2, 0) is 15.6 Å². The number of halogens is 1. The topological polar surface area (TPSA) is 86.2 Å². The molecule has 0 radical (unpaired) electrons. The molecule has 0 aliphatic rings. The van der Waals surface area contributed by atoms with Crippen molar-refractivity contribution in [2.45, 2.75) is 24.5 Å². The van der Waals surface area contributed by atoms with E-state index in [0.717, 1.165) is 11.1 Å². The Morgan fingerprint density at radius 1 is 0.966 bits per heavy atom. The Labute approximate surface area is 166 Å². The number of furan rings is 1. The highest BCUT2D eigenvalue weighted by Crippen LogP contribution is 2.26. The lowest BCUT2D eigenvalue weighted by Gasteiger charge is -2.05. The molecule has 0 amide bonds.